The number of thiophene rings is 1. The van der Waals surface area contributed by atoms with Crippen LogP contribution in [-0.4, -0.2) is 9.97 Å². The number of pyridine rings is 2. The fraction of sp³-hybridized carbons (Fsp3) is 0.0714. The van der Waals surface area contributed by atoms with E-state index in [4.69, 9.17) is 33.2 Å². The summed E-state index contributed by atoms with van der Waals surface area (Å²) in [6.45, 7) is 1.03. The van der Waals surface area contributed by atoms with Crippen LogP contribution in [0.5, 0.6) is 0 Å². The van der Waals surface area contributed by atoms with Crippen LogP contribution in [0.25, 0.3) is 0 Å². The first kappa shape index (κ1) is 22.4. The van der Waals surface area contributed by atoms with E-state index in [0.29, 0.717) is 23.4 Å². The maximum Gasteiger partial charge on any atom is 0.144 e. The van der Waals surface area contributed by atoms with E-state index in [1.165, 1.54) is 0 Å². The minimum atomic E-state index is 0.449. The fourth-order valence-electron chi connectivity index (χ4n) is 4.73. The Kier molecular flexibility index (Phi) is 5.43. The second-order valence-corrected chi connectivity index (χ2v) is 10.4. The number of para-hydroxylation sites is 2. The predicted molar refractivity (Wildman–Crippen MR) is 149 cm³/mol. The normalized spacial score (nSPS) is 13.8. The second kappa shape index (κ2) is 8.95. The van der Waals surface area contributed by atoms with Crippen LogP contribution in [0, 0.1) is 0 Å². The number of hydrogen-bond donors (Lipinski definition) is 0. The van der Waals surface area contributed by atoms with Crippen molar-refractivity contribution in [1.82, 2.24) is 9.97 Å². The third-order valence-electron chi connectivity index (χ3n) is 6.39. The zero-order chi connectivity index (χ0) is 24.9. The van der Waals surface area contributed by atoms with Gasteiger partial charge in [-0.15, -0.1) is 0 Å². The molecule has 0 unspecified atom stereocenters. The first-order chi connectivity index (χ1) is 18.1. The van der Waals surface area contributed by atoms with Gasteiger partial charge >= 0.3 is 0 Å². The molecule has 0 spiro atoms. The van der Waals surface area contributed by atoms with Gasteiger partial charge in [-0.1, -0.05) is 70.9 Å². The van der Waals surface area contributed by atoms with Gasteiger partial charge in [-0.25, -0.2) is 20.0 Å². The van der Waals surface area contributed by atoms with Gasteiger partial charge in [0.15, 0.2) is 0 Å². The topological polar surface area (TPSA) is 57.0 Å². The number of hydrogen-bond acceptors (Lipinski definition) is 7. The van der Waals surface area contributed by atoms with E-state index in [9.17, 15) is 0 Å². The third-order valence-corrected chi connectivity index (χ3v) is 7.77. The van der Waals surface area contributed by atoms with Gasteiger partial charge < -0.3 is 9.80 Å². The fourth-order valence-corrected chi connectivity index (χ4v) is 6.14. The Labute approximate surface area is 226 Å². The van der Waals surface area contributed by atoms with Crippen LogP contribution in [0.4, 0.5) is 34.1 Å². The number of rotatable bonds is 2. The first-order valence-electron chi connectivity index (χ1n) is 11.7. The van der Waals surface area contributed by atoms with Gasteiger partial charge in [0.05, 0.1) is 35.9 Å². The van der Waals surface area contributed by atoms with Gasteiger partial charge in [0, 0.05) is 11.4 Å². The molecule has 0 aliphatic carbocycles. The summed E-state index contributed by atoms with van der Waals surface area (Å²) in [7, 11) is 0. The lowest BCUT2D eigenvalue weighted by molar-refractivity contribution is 0.910. The molecule has 2 aromatic carbocycles. The Morgan fingerprint density at radius 2 is 1.00 bits per heavy atom. The highest BCUT2D eigenvalue weighted by Crippen LogP contribution is 2.41. The lowest BCUT2D eigenvalue weighted by atomic mass is 10.2. The summed E-state index contributed by atoms with van der Waals surface area (Å²) >= 11 is 14.2. The highest BCUT2D eigenvalue weighted by atomic mass is 35.5. The molecule has 180 valence electrons. The van der Waals surface area contributed by atoms with E-state index in [0.717, 1.165) is 54.9 Å². The molecule has 9 heteroatoms. The van der Waals surface area contributed by atoms with Crippen molar-refractivity contribution in [1.29, 1.82) is 0 Å². The summed E-state index contributed by atoms with van der Waals surface area (Å²) < 4.78 is 1.73. The van der Waals surface area contributed by atoms with E-state index in [2.05, 4.69) is 44.0 Å². The van der Waals surface area contributed by atoms with Gasteiger partial charge in [0.25, 0.3) is 0 Å². The molecule has 6 nitrogen and oxygen atoms in total. The highest BCUT2D eigenvalue weighted by molar-refractivity contribution is 7.08. The summed E-state index contributed by atoms with van der Waals surface area (Å²) in [4.78, 5) is 24.0. The van der Waals surface area contributed by atoms with Gasteiger partial charge in [-0.05, 0) is 48.5 Å². The zero-order valence-electron chi connectivity index (χ0n) is 19.3. The molecule has 5 heterocycles. The quantitative estimate of drug-likeness (QED) is 0.225. The number of aromatic nitrogens is 2. The largest absolute Gasteiger partial charge is 0.331 e. The molecular formula is C28H18Cl2N6S. The van der Waals surface area contributed by atoms with Gasteiger partial charge in [0.2, 0.25) is 0 Å². The summed E-state index contributed by atoms with van der Waals surface area (Å²) in [6, 6.07) is 28.0. The Morgan fingerprint density at radius 3 is 1.43 bits per heavy atom. The predicted octanol–water partition coefficient (Wildman–Crippen LogP) is 7.05. The van der Waals surface area contributed by atoms with Crippen molar-refractivity contribution in [2.45, 2.75) is 13.1 Å². The molecule has 37 heavy (non-hydrogen) atoms. The monoisotopic (exact) mass is 540 g/mol. The number of anilines is 4. The standard InChI is InChI=1S/C28H18Cl2N6S/c29-23-13-11-19-21(31-23)15-35(17-7-3-1-4-8-17)25-26-28(37-27(25)33-19)34-20-12-14-24(30)32-22(20)16-36(26)18-9-5-2-6-10-18/h1-14H,15-16H2. The maximum atomic E-state index is 6.30. The first-order valence-corrected chi connectivity index (χ1v) is 13.3. The maximum absolute atomic E-state index is 6.30. The van der Waals surface area contributed by atoms with Crippen molar-refractivity contribution in [2.24, 2.45) is 9.98 Å². The van der Waals surface area contributed by atoms with Crippen molar-refractivity contribution in [2.75, 3.05) is 9.80 Å². The van der Waals surface area contributed by atoms with Crippen LogP contribution in [0.1, 0.15) is 11.4 Å². The van der Waals surface area contributed by atoms with Crippen LogP contribution < -0.4 is 19.1 Å². The number of nitrogens with zero attached hydrogens (tertiary/aromatic N) is 6. The van der Waals surface area contributed by atoms with Crippen LogP contribution >= 0.6 is 34.5 Å². The second-order valence-electron chi connectivity index (χ2n) is 8.68. The Bertz CT molecular complexity index is 1640. The molecule has 0 bridgehead atoms. The molecule has 0 fully saturated rings. The molecule has 2 aliphatic heterocycles. The molecular weight excluding hydrogens is 523 g/mol. The Hall–Kier alpha value is -3.78. The van der Waals surface area contributed by atoms with E-state index < -0.39 is 0 Å². The molecule has 2 aliphatic rings. The highest BCUT2D eigenvalue weighted by Gasteiger charge is 2.30. The molecule has 0 saturated heterocycles. The van der Waals surface area contributed by atoms with Gasteiger partial charge in [-0.2, -0.15) is 0 Å². The van der Waals surface area contributed by atoms with E-state index in [1.807, 2.05) is 48.5 Å². The molecule has 0 saturated carbocycles. The molecule has 0 atom stereocenters. The number of fused-ring (bicyclic) bond motifs is 5. The Balaban J connectivity index is 1.57. The average Bonchev–Trinajstić information content (AvgIpc) is 3.07. The van der Waals surface area contributed by atoms with Crippen molar-refractivity contribution in [3.05, 3.63) is 116 Å². The molecule has 0 amide bonds. The third kappa shape index (κ3) is 3.96. The lowest BCUT2D eigenvalue weighted by Crippen LogP contribution is -2.26. The van der Waals surface area contributed by atoms with Crippen LogP contribution in [-0.2, 0) is 13.1 Å². The Morgan fingerprint density at radius 1 is 0.568 bits per heavy atom. The average molecular weight is 541 g/mol. The van der Waals surface area contributed by atoms with Gasteiger partial charge in [-0.3, -0.25) is 0 Å². The van der Waals surface area contributed by atoms with Crippen molar-refractivity contribution < 1.29 is 0 Å². The van der Waals surface area contributed by atoms with E-state index in [1.54, 1.807) is 23.5 Å². The van der Waals surface area contributed by atoms with Gasteiger partial charge in [0.1, 0.15) is 31.0 Å². The smallest absolute Gasteiger partial charge is 0.144 e. The summed E-state index contributed by atoms with van der Waals surface area (Å²) in [5.41, 5.74) is 7.28. The zero-order valence-corrected chi connectivity index (χ0v) is 21.7. The van der Waals surface area contributed by atoms with Crippen LogP contribution in [0.2, 0.25) is 10.3 Å². The van der Waals surface area contributed by atoms with Crippen molar-refractivity contribution >= 4 is 68.7 Å². The summed E-state index contributed by atoms with van der Waals surface area (Å²) in [5, 5.41) is 0.899. The van der Waals surface area contributed by atoms with E-state index in [-0.39, 0.29) is 0 Å². The SMILES string of the molecule is Clc1ccc2c(n1)CN(c1ccccc1)c1c3c(sc1=N2)=Nc1ccc(Cl)nc1CN3c1ccccc1. The molecule has 3 aromatic heterocycles. The lowest BCUT2D eigenvalue weighted by Gasteiger charge is -2.29. The molecule has 7 rings (SSSR count). The number of benzene rings is 2. The van der Waals surface area contributed by atoms with Crippen molar-refractivity contribution in [3.63, 3.8) is 0 Å². The van der Waals surface area contributed by atoms with Crippen LogP contribution in [0.3, 0.4) is 0 Å². The number of halogens is 2. The van der Waals surface area contributed by atoms with E-state index >= 15 is 0 Å². The minimum absolute atomic E-state index is 0.449. The molecule has 5 aromatic rings. The minimum Gasteiger partial charge on any atom is -0.331 e. The van der Waals surface area contributed by atoms with Crippen LogP contribution in [0.15, 0.2) is 94.9 Å². The van der Waals surface area contributed by atoms with Crippen molar-refractivity contribution in [3.8, 4) is 0 Å². The molecule has 0 radical (unpaired) electrons. The summed E-state index contributed by atoms with van der Waals surface area (Å²) in [6.07, 6.45) is 0. The summed E-state index contributed by atoms with van der Waals surface area (Å²) in [5.74, 6) is 0. The molecule has 0 N–H and O–H groups in total.